The van der Waals surface area contributed by atoms with Gasteiger partial charge >= 0.3 is 0 Å². The zero-order valence-corrected chi connectivity index (χ0v) is 9.44. The van der Waals surface area contributed by atoms with E-state index in [-0.39, 0.29) is 17.6 Å². The van der Waals surface area contributed by atoms with Gasteiger partial charge in [-0.15, -0.1) is 0 Å². The number of carbonyl (C=O) groups is 1. The number of amides is 1. The van der Waals surface area contributed by atoms with Crippen molar-refractivity contribution in [2.24, 2.45) is 11.7 Å². The molecular formula is C12H18N2O2. The summed E-state index contributed by atoms with van der Waals surface area (Å²) in [6.45, 7) is 2.44. The number of carbonyl (C=O) groups excluding carboxylic acids is 1. The molecule has 1 aromatic carbocycles. The molecule has 0 bridgehead atoms. The Balaban J connectivity index is 2.54. The number of phenols is 1. The molecular weight excluding hydrogens is 204 g/mol. The van der Waals surface area contributed by atoms with Gasteiger partial charge in [0, 0.05) is 5.92 Å². The molecule has 0 aliphatic carbocycles. The molecule has 0 radical (unpaired) electrons. The number of benzene rings is 1. The lowest BCUT2D eigenvalue weighted by molar-refractivity contribution is -0.119. The Kier molecular flexibility index (Phi) is 4.79. The molecule has 0 aliphatic heterocycles. The van der Waals surface area contributed by atoms with E-state index in [1.54, 1.807) is 24.3 Å². The van der Waals surface area contributed by atoms with Crippen molar-refractivity contribution in [3.63, 3.8) is 0 Å². The molecule has 88 valence electrons. The van der Waals surface area contributed by atoms with Gasteiger partial charge in [0.05, 0.1) is 5.69 Å². The standard InChI is InChI=1S/C12H18N2O2/c1-9(5-4-8-13)12(16)14-10-6-2-3-7-11(10)15/h2-3,6-7,9,15H,4-5,8,13H2,1H3,(H,14,16). The van der Waals surface area contributed by atoms with E-state index in [2.05, 4.69) is 5.32 Å². The van der Waals surface area contributed by atoms with E-state index in [0.717, 1.165) is 12.8 Å². The molecule has 1 unspecified atom stereocenters. The summed E-state index contributed by atoms with van der Waals surface area (Å²) in [6.07, 6.45) is 1.59. The van der Waals surface area contributed by atoms with E-state index >= 15 is 0 Å². The predicted molar refractivity (Wildman–Crippen MR) is 64.2 cm³/mol. The van der Waals surface area contributed by atoms with Gasteiger partial charge in [-0.3, -0.25) is 4.79 Å². The van der Waals surface area contributed by atoms with E-state index in [9.17, 15) is 9.90 Å². The topological polar surface area (TPSA) is 75.4 Å². The second-order valence-corrected chi connectivity index (χ2v) is 3.84. The Morgan fingerprint density at radius 2 is 2.19 bits per heavy atom. The maximum Gasteiger partial charge on any atom is 0.227 e. The van der Waals surface area contributed by atoms with E-state index in [4.69, 9.17) is 5.73 Å². The minimum absolute atomic E-state index is 0.0851. The van der Waals surface area contributed by atoms with Crippen LogP contribution in [-0.4, -0.2) is 17.6 Å². The van der Waals surface area contributed by atoms with Crippen molar-refractivity contribution >= 4 is 11.6 Å². The number of para-hydroxylation sites is 2. The third-order valence-corrected chi connectivity index (χ3v) is 2.45. The first-order valence-corrected chi connectivity index (χ1v) is 5.44. The monoisotopic (exact) mass is 222 g/mol. The number of rotatable bonds is 5. The molecule has 0 spiro atoms. The maximum absolute atomic E-state index is 11.7. The Labute approximate surface area is 95.5 Å². The highest BCUT2D eigenvalue weighted by Crippen LogP contribution is 2.22. The Morgan fingerprint density at radius 3 is 2.81 bits per heavy atom. The first-order valence-electron chi connectivity index (χ1n) is 5.44. The molecule has 0 fully saturated rings. The minimum Gasteiger partial charge on any atom is -0.506 e. The third kappa shape index (κ3) is 3.55. The van der Waals surface area contributed by atoms with Crippen LogP contribution in [0.25, 0.3) is 0 Å². The van der Waals surface area contributed by atoms with Gasteiger partial charge in [-0.2, -0.15) is 0 Å². The van der Waals surface area contributed by atoms with Crippen LogP contribution in [-0.2, 0) is 4.79 Å². The number of anilines is 1. The molecule has 1 amide bonds. The quantitative estimate of drug-likeness (QED) is 0.664. The fourth-order valence-corrected chi connectivity index (χ4v) is 1.39. The van der Waals surface area contributed by atoms with Crippen molar-refractivity contribution in [2.45, 2.75) is 19.8 Å². The average Bonchev–Trinajstić information content (AvgIpc) is 2.28. The van der Waals surface area contributed by atoms with Gasteiger partial charge in [0.2, 0.25) is 5.91 Å². The number of nitrogens with one attached hydrogen (secondary N) is 1. The van der Waals surface area contributed by atoms with Crippen LogP contribution in [0.5, 0.6) is 5.75 Å². The zero-order valence-electron chi connectivity index (χ0n) is 9.44. The van der Waals surface area contributed by atoms with Gasteiger partial charge in [0.15, 0.2) is 0 Å². The lowest BCUT2D eigenvalue weighted by atomic mass is 10.0. The van der Waals surface area contributed by atoms with Gasteiger partial charge in [0.25, 0.3) is 0 Å². The van der Waals surface area contributed by atoms with Crippen molar-refractivity contribution in [2.75, 3.05) is 11.9 Å². The van der Waals surface area contributed by atoms with Crippen LogP contribution < -0.4 is 11.1 Å². The van der Waals surface area contributed by atoms with Crippen LogP contribution in [0.2, 0.25) is 0 Å². The normalized spacial score (nSPS) is 12.1. The average molecular weight is 222 g/mol. The van der Waals surface area contributed by atoms with E-state index in [1.807, 2.05) is 6.92 Å². The molecule has 0 aliphatic rings. The van der Waals surface area contributed by atoms with Crippen LogP contribution >= 0.6 is 0 Å². The Morgan fingerprint density at radius 1 is 1.50 bits per heavy atom. The Bertz CT molecular complexity index is 353. The first kappa shape index (κ1) is 12.5. The molecule has 16 heavy (non-hydrogen) atoms. The first-order chi connectivity index (χ1) is 7.65. The largest absolute Gasteiger partial charge is 0.506 e. The molecule has 0 saturated heterocycles. The van der Waals surface area contributed by atoms with E-state index in [0.29, 0.717) is 12.2 Å². The molecule has 0 saturated carbocycles. The highest BCUT2D eigenvalue weighted by Gasteiger charge is 2.13. The third-order valence-electron chi connectivity index (χ3n) is 2.45. The second kappa shape index (κ2) is 6.12. The number of hydrogen-bond acceptors (Lipinski definition) is 3. The van der Waals surface area contributed by atoms with Gasteiger partial charge in [-0.05, 0) is 31.5 Å². The summed E-state index contributed by atoms with van der Waals surface area (Å²) in [5, 5.41) is 12.2. The summed E-state index contributed by atoms with van der Waals surface area (Å²) in [4.78, 5) is 11.7. The van der Waals surface area contributed by atoms with Crippen LogP contribution in [0, 0.1) is 5.92 Å². The van der Waals surface area contributed by atoms with Gasteiger partial charge in [-0.1, -0.05) is 19.1 Å². The van der Waals surface area contributed by atoms with Crippen LogP contribution in [0.1, 0.15) is 19.8 Å². The van der Waals surface area contributed by atoms with Gasteiger partial charge in [0.1, 0.15) is 5.75 Å². The van der Waals surface area contributed by atoms with Crippen molar-refractivity contribution in [3.05, 3.63) is 24.3 Å². The van der Waals surface area contributed by atoms with Crippen LogP contribution in [0.15, 0.2) is 24.3 Å². The predicted octanol–water partition coefficient (Wildman–Crippen LogP) is 1.71. The summed E-state index contributed by atoms with van der Waals surface area (Å²) in [6, 6.07) is 6.69. The van der Waals surface area contributed by atoms with Gasteiger partial charge in [-0.25, -0.2) is 0 Å². The molecule has 0 heterocycles. The number of hydrogen-bond donors (Lipinski definition) is 3. The second-order valence-electron chi connectivity index (χ2n) is 3.84. The van der Waals surface area contributed by atoms with Crippen LogP contribution in [0.3, 0.4) is 0 Å². The molecule has 1 rings (SSSR count). The summed E-state index contributed by atoms with van der Waals surface area (Å²) in [5.74, 6) is -0.0972. The molecule has 4 heteroatoms. The Hall–Kier alpha value is -1.55. The molecule has 4 N–H and O–H groups in total. The van der Waals surface area contributed by atoms with Crippen molar-refractivity contribution < 1.29 is 9.90 Å². The van der Waals surface area contributed by atoms with Crippen molar-refractivity contribution in [1.29, 1.82) is 0 Å². The van der Waals surface area contributed by atoms with E-state index in [1.165, 1.54) is 0 Å². The smallest absolute Gasteiger partial charge is 0.227 e. The molecule has 4 nitrogen and oxygen atoms in total. The molecule has 1 aromatic rings. The van der Waals surface area contributed by atoms with Crippen LogP contribution in [0.4, 0.5) is 5.69 Å². The summed E-state index contributed by atoms with van der Waals surface area (Å²) in [5.41, 5.74) is 5.83. The minimum atomic E-state index is -0.0943. The molecule has 0 aromatic heterocycles. The number of phenolic OH excluding ortho intramolecular Hbond substituents is 1. The highest BCUT2D eigenvalue weighted by atomic mass is 16.3. The summed E-state index contributed by atoms with van der Waals surface area (Å²) >= 11 is 0. The van der Waals surface area contributed by atoms with Crippen molar-refractivity contribution in [1.82, 2.24) is 0 Å². The number of nitrogens with two attached hydrogens (primary N) is 1. The SMILES string of the molecule is CC(CCCN)C(=O)Nc1ccccc1O. The highest BCUT2D eigenvalue weighted by molar-refractivity contribution is 5.93. The maximum atomic E-state index is 11.7. The number of aromatic hydroxyl groups is 1. The lowest BCUT2D eigenvalue weighted by Gasteiger charge is -2.12. The molecule has 1 atom stereocenters. The zero-order chi connectivity index (χ0) is 12.0. The fraction of sp³-hybridized carbons (Fsp3) is 0.417. The summed E-state index contributed by atoms with van der Waals surface area (Å²) in [7, 11) is 0. The fourth-order valence-electron chi connectivity index (χ4n) is 1.39. The summed E-state index contributed by atoms with van der Waals surface area (Å²) < 4.78 is 0. The van der Waals surface area contributed by atoms with E-state index < -0.39 is 0 Å². The lowest BCUT2D eigenvalue weighted by Crippen LogP contribution is -2.21. The van der Waals surface area contributed by atoms with Gasteiger partial charge < -0.3 is 16.2 Å². The van der Waals surface area contributed by atoms with Crippen molar-refractivity contribution in [3.8, 4) is 5.75 Å².